The lowest BCUT2D eigenvalue weighted by molar-refractivity contribution is -0.131. The Balaban J connectivity index is 1.64. The summed E-state index contributed by atoms with van der Waals surface area (Å²) in [7, 11) is 0. The molecule has 150 valence electrons. The second-order valence-electron chi connectivity index (χ2n) is 8.51. The molecule has 4 nitrogen and oxygen atoms in total. The van der Waals surface area contributed by atoms with Gasteiger partial charge in [-0.1, -0.05) is 38.3 Å². The first-order valence-corrected chi connectivity index (χ1v) is 10.6. The number of aliphatic hydroxyl groups excluding tert-OH is 2. The van der Waals surface area contributed by atoms with Crippen molar-refractivity contribution in [2.24, 2.45) is 17.8 Å². The van der Waals surface area contributed by atoms with Crippen LogP contribution in [0.2, 0.25) is 0 Å². The van der Waals surface area contributed by atoms with Crippen LogP contribution in [-0.4, -0.2) is 28.4 Å². The molecule has 0 radical (unpaired) electrons. The number of carbonyl (C=O) groups excluding carboxylic acids is 1. The van der Waals surface area contributed by atoms with E-state index in [0.29, 0.717) is 17.6 Å². The van der Waals surface area contributed by atoms with Crippen LogP contribution in [-0.2, 0) is 17.6 Å². The number of benzene rings is 1. The Morgan fingerprint density at radius 2 is 2.07 bits per heavy atom. The quantitative estimate of drug-likeness (QED) is 0.409. The molecule has 3 rings (SSSR count). The summed E-state index contributed by atoms with van der Waals surface area (Å²) in [5.74, 6) is 1.56. The van der Waals surface area contributed by atoms with Crippen LogP contribution in [0.4, 0.5) is 0 Å². The number of rotatable bonds is 8. The highest BCUT2D eigenvalue weighted by atomic mass is 16.5. The van der Waals surface area contributed by atoms with E-state index in [0.717, 1.165) is 50.5 Å². The highest BCUT2D eigenvalue weighted by Gasteiger charge is 2.44. The van der Waals surface area contributed by atoms with E-state index >= 15 is 0 Å². The van der Waals surface area contributed by atoms with Gasteiger partial charge in [-0.3, -0.25) is 4.79 Å². The fourth-order valence-electron chi connectivity index (χ4n) is 5.21. The Bertz CT molecular complexity index is 641. The molecule has 2 aliphatic carbocycles. The van der Waals surface area contributed by atoms with Crippen molar-refractivity contribution in [1.82, 2.24) is 0 Å². The molecule has 5 atom stereocenters. The van der Waals surface area contributed by atoms with Crippen LogP contribution < -0.4 is 4.74 Å². The Morgan fingerprint density at radius 3 is 2.81 bits per heavy atom. The molecule has 1 fully saturated rings. The number of esters is 1. The summed E-state index contributed by atoms with van der Waals surface area (Å²) in [5, 5.41) is 20.9. The highest BCUT2D eigenvalue weighted by Crippen LogP contribution is 2.48. The van der Waals surface area contributed by atoms with E-state index in [4.69, 9.17) is 4.74 Å². The maximum absolute atomic E-state index is 11.4. The Labute approximate surface area is 162 Å². The summed E-state index contributed by atoms with van der Waals surface area (Å²) < 4.78 is 5.41. The molecule has 4 heteroatoms. The molecule has 0 heterocycles. The van der Waals surface area contributed by atoms with Crippen molar-refractivity contribution in [3.63, 3.8) is 0 Å². The molecular weight excluding hydrogens is 340 g/mol. The van der Waals surface area contributed by atoms with Gasteiger partial charge in [-0.2, -0.15) is 0 Å². The topological polar surface area (TPSA) is 66.8 Å². The first-order chi connectivity index (χ1) is 13.0. The summed E-state index contributed by atoms with van der Waals surface area (Å²) in [6.07, 6.45) is 8.09. The minimum atomic E-state index is -0.285. The number of hydrogen-bond donors (Lipinski definition) is 2. The predicted octanol–water partition coefficient (Wildman–Crippen LogP) is 4.05. The van der Waals surface area contributed by atoms with Gasteiger partial charge < -0.3 is 14.9 Å². The maximum Gasteiger partial charge on any atom is 0.308 e. The standard InChI is InChI=1S/C23H34O4/c1-3-4-5-8-18(25)10-11-19-20-12-16-7-6-9-23(27-15(2)24)21(16)13-17(20)14-22(19)26/h6-7,9,17-20,22,25-26H,3-5,8,10-14H2,1-2H3/t17-,18-,19+,20-,22+/m0/s1. The van der Waals surface area contributed by atoms with Crippen molar-refractivity contribution in [3.8, 4) is 5.75 Å². The molecule has 0 amide bonds. The van der Waals surface area contributed by atoms with Gasteiger partial charge in [0.1, 0.15) is 5.75 Å². The molecular formula is C23H34O4. The van der Waals surface area contributed by atoms with Crippen LogP contribution in [0.3, 0.4) is 0 Å². The van der Waals surface area contributed by atoms with Gasteiger partial charge in [-0.05, 0) is 73.5 Å². The third kappa shape index (κ3) is 4.91. The Morgan fingerprint density at radius 1 is 1.26 bits per heavy atom. The molecule has 1 saturated carbocycles. The maximum atomic E-state index is 11.4. The van der Waals surface area contributed by atoms with Crippen molar-refractivity contribution in [3.05, 3.63) is 29.3 Å². The van der Waals surface area contributed by atoms with Crippen molar-refractivity contribution in [1.29, 1.82) is 0 Å². The third-order valence-corrected chi connectivity index (χ3v) is 6.57. The van der Waals surface area contributed by atoms with E-state index in [9.17, 15) is 15.0 Å². The summed E-state index contributed by atoms with van der Waals surface area (Å²) in [6, 6.07) is 5.95. The van der Waals surface area contributed by atoms with Crippen LogP contribution in [0.15, 0.2) is 18.2 Å². The van der Waals surface area contributed by atoms with Crippen LogP contribution in [0.25, 0.3) is 0 Å². The molecule has 0 bridgehead atoms. The zero-order valence-corrected chi connectivity index (χ0v) is 16.7. The summed E-state index contributed by atoms with van der Waals surface area (Å²) in [5.41, 5.74) is 2.39. The van der Waals surface area contributed by atoms with Gasteiger partial charge in [0.15, 0.2) is 0 Å². The molecule has 2 N–H and O–H groups in total. The molecule has 0 aliphatic heterocycles. The Hall–Kier alpha value is -1.39. The number of hydrogen-bond acceptors (Lipinski definition) is 4. The molecule has 0 aromatic heterocycles. The molecule has 1 aromatic rings. The molecule has 1 aromatic carbocycles. The number of unbranched alkanes of at least 4 members (excludes halogenated alkanes) is 2. The van der Waals surface area contributed by atoms with Crippen molar-refractivity contribution in [2.75, 3.05) is 0 Å². The summed E-state index contributed by atoms with van der Waals surface area (Å²) >= 11 is 0. The molecule has 0 spiro atoms. The first kappa shape index (κ1) is 20.3. The lowest BCUT2D eigenvalue weighted by Gasteiger charge is -2.32. The van der Waals surface area contributed by atoms with Crippen molar-refractivity contribution in [2.45, 2.75) is 83.8 Å². The smallest absolute Gasteiger partial charge is 0.308 e. The predicted molar refractivity (Wildman–Crippen MR) is 106 cm³/mol. The van der Waals surface area contributed by atoms with Gasteiger partial charge in [0.25, 0.3) is 0 Å². The average Bonchev–Trinajstić information content (AvgIpc) is 2.92. The van der Waals surface area contributed by atoms with Crippen LogP contribution >= 0.6 is 0 Å². The van der Waals surface area contributed by atoms with Gasteiger partial charge in [-0.15, -0.1) is 0 Å². The van der Waals surface area contributed by atoms with E-state index < -0.39 is 0 Å². The largest absolute Gasteiger partial charge is 0.426 e. The second-order valence-corrected chi connectivity index (χ2v) is 8.51. The third-order valence-electron chi connectivity index (χ3n) is 6.57. The summed E-state index contributed by atoms with van der Waals surface area (Å²) in [4.78, 5) is 11.4. The van der Waals surface area contributed by atoms with E-state index in [2.05, 4.69) is 13.0 Å². The fraction of sp³-hybridized carbons (Fsp3) is 0.696. The molecule has 2 aliphatic rings. The number of fused-ring (bicyclic) bond motifs is 2. The van der Waals surface area contributed by atoms with Crippen LogP contribution in [0.5, 0.6) is 5.75 Å². The van der Waals surface area contributed by atoms with Crippen LogP contribution in [0, 0.1) is 17.8 Å². The lowest BCUT2D eigenvalue weighted by atomic mass is 9.73. The Kier molecular flexibility index (Phi) is 6.93. The SMILES string of the molecule is CCCCC[C@H](O)CC[C@@H]1[C@H]2Cc3cccc(OC(C)=O)c3C[C@H]2C[C@H]1O. The lowest BCUT2D eigenvalue weighted by Crippen LogP contribution is -2.28. The second kappa shape index (κ2) is 9.20. The van der Waals surface area contributed by atoms with Crippen LogP contribution in [0.1, 0.15) is 69.9 Å². The van der Waals surface area contributed by atoms with E-state index in [-0.39, 0.29) is 24.1 Å². The first-order valence-electron chi connectivity index (χ1n) is 10.6. The monoisotopic (exact) mass is 374 g/mol. The normalized spacial score (nSPS) is 27.7. The molecule has 0 saturated heterocycles. The molecule has 27 heavy (non-hydrogen) atoms. The van der Waals surface area contributed by atoms with E-state index in [1.807, 2.05) is 12.1 Å². The van der Waals surface area contributed by atoms with Gasteiger partial charge in [0.05, 0.1) is 12.2 Å². The minimum absolute atomic E-state index is 0.241. The molecule has 0 unspecified atom stereocenters. The highest BCUT2D eigenvalue weighted by molar-refractivity contribution is 5.70. The zero-order valence-electron chi connectivity index (χ0n) is 16.7. The zero-order chi connectivity index (χ0) is 19.4. The van der Waals surface area contributed by atoms with E-state index in [1.54, 1.807) is 0 Å². The van der Waals surface area contributed by atoms with Crippen molar-refractivity contribution < 1.29 is 19.7 Å². The van der Waals surface area contributed by atoms with Gasteiger partial charge in [0.2, 0.25) is 0 Å². The minimum Gasteiger partial charge on any atom is -0.426 e. The average molecular weight is 375 g/mol. The number of ether oxygens (including phenoxy) is 1. The van der Waals surface area contributed by atoms with Gasteiger partial charge in [0, 0.05) is 6.92 Å². The van der Waals surface area contributed by atoms with Gasteiger partial charge in [-0.25, -0.2) is 0 Å². The number of carbonyl (C=O) groups is 1. The fourth-order valence-corrected chi connectivity index (χ4v) is 5.21. The summed E-state index contributed by atoms with van der Waals surface area (Å²) in [6.45, 7) is 3.61. The van der Waals surface area contributed by atoms with Crippen molar-refractivity contribution >= 4 is 5.97 Å². The van der Waals surface area contributed by atoms with Gasteiger partial charge >= 0.3 is 5.97 Å². The number of aliphatic hydroxyl groups is 2. The van der Waals surface area contributed by atoms with E-state index in [1.165, 1.54) is 25.3 Å².